The van der Waals surface area contributed by atoms with E-state index in [9.17, 15) is 9.59 Å². The van der Waals surface area contributed by atoms with Gasteiger partial charge in [-0.15, -0.1) is 11.3 Å². The number of hydrogen-bond acceptors (Lipinski definition) is 5. The van der Waals surface area contributed by atoms with Crippen LogP contribution in [0.3, 0.4) is 0 Å². The second kappa shape index (κ2) is 7.71. The Hall–Kier alpha value is -3.13. The fourth-order valence-corrected chi connectivity index (χ4v) is 4.37. The predicted molar refractivity (Wildman–Crippen MR) is 114 cm³/mol. The summed E-state index contributed by atoms with van der Waals surface area (Å²) in [6.45, 7) is 4.27. The van der Waals surface area contributed by atoms with Crippen LogP contribution in [0.5, 0.6) is 5.75 Å². The second-order valence-corrected chi connectivity index (χ2v) is 8.12. The van der Waals surface area contributed by atoms with E-state index in [-0.39, 0.29) is 18.0 Å². The summed E-state index contributed by atoms with van der Waals surface area (Å²) in [5.74, 6) is 1.22. The van der Waals surface area contributed by atoms with Gasteiger partial charge in [0.05, 0.1) is 17.3 Å². The van der Waals surface area contributed by atoms with Crippen LogP contribution >= 0.6 is 11.3 Å². The van der Waals surface area contributed by atoms with Crippen molar-refractivity contribution in [1.82, 2.24) is 19.5 Å². The third-order valence-corrected chi connectivity index (χ3v) is 5.78. The van der Waals surface area contributed by atoms with Gasteiger partial charge in [0, 0.05) is 17.8 Å². The van der Waals surface area contributed by atoms with Gasteiger partial charge in [0.15, 0.2) is 0 Å². The summed E-state index contributed by atoms with van der Waals surface area (Å²) in [6, 6.07) is 11.4. The fourth-order valence-electron chi connectivity index (χ4n) is 3.42. The quantitative estimate of drug-likeness (QED) is 0.530. The van der Waals surface area contributed by atoms with Gasteiger partial charge in [-0.3, -0.25) is 14.0 Å². The molecule has 1 N–H and O–H groups in total. The number of aryl methyl sites for hydroxylation is 2. The second-order valence-electron chi connectivity index (χ2n) is 6.83. The molecule has 3 aromatic heterocycles. The predicted octanol–water partition coefficient (Wildman–Crippen LogP) is 2.91. The molecule has 1 amide bonds. The SMILES string of the molecule is CCc1nn(CC(=O)NCc2cccc(OC)c2)c(=O)c2cc3sc(C)cc3n12. The molecule has 0 saturated heterocycles. The van der Waals surface area contributed by atoms with Crippen molar-refractivity contribution in [3.05, 3.63) is 63.0 Å². The van der Waals surface area contributed by atoms with Gasteiger partial charge in [0.25, 0.3) is 5.56 Å². The highest BCUT2D eigenvalue weighted by molar-refractivity contribution is 7.19. The van der Waals surface area contributed by atoms with Crippen molar-refractivity contribution in [2.24, 2.45) is 0 Å². The van der Waals surface area contributed by atoms with Crippen LogP contribution in [-0.2, 0) is 24.3 Å². The number of aromatic nitrogens is 3. The number of nitrogens with one attached hydrogen (secondary N) is 1. The largest absolute Gasteiger partial charge is 0.497 e. The Morgan fingerprint density at radius 3 is 2.83 bits per heavy atom. The van der Waals surface area contributed by atoms with Crippen molar-refractivity contribution in [2.45, 2.75) is 33.4 Å². The first-order chi connectivity index (χ1) is 14.0. The molecular formula is C21H22N4O3S. The first-order valence-corrected chi connectivity index (χ1v) is 10.2. The van der Waals surface area contributed by atoms with Gasteiger partial charge >= 0.3 is 0 Å². The molecule has 0 spiro atoms. The smallest absolute Gasteiger partial charge is 0.291 e. The lowest BCUT2D eigenvalue weighted by atomic mass is 10.2. The van der Waals surface area contributed by atoms with Crippen LogP contribution in [0.25, 0.3) is 15.7 Å². The Kier molecular flexibility index (Phi) is 5.10. The van der Waals surface area contributed by atoms with Gasteiger partial charge in [-0.1, -0.05) is 19.1 Å². The zero-order valence-electron chi connectivity index (χ0n) is 16.6. The average Bonchev–Trinajstić information content (AvgIpc) is 3.25. The van der Waals surface area contributed by atoms with Crippen molar-refractivity contribution in [1.29, 1.82) is 0 Å². The van der Waals surface area contributed by atoms with Crippen LogP contribution in [-0.4, -0.2) is 27.2 Å². The minimum absolute atomic E-state index is 0.121. The molecule has 3 heterocycles. The number of rotatable bonds is 6. The number of nitrogens with zero attached hydrogens (tertiary/aromatic N) is 3. The number of carbonyl (C=O) groups excluding carboxylic acids is 1. The topological polar surface area (TPSA) is 77.6 Å². The highest BCUT2D eigenvalue weighted by Crippen LogP contribution is 2.28. The number of amides is 1. The van der Waals surface area contributed by atoms with Crippen LogP contribution in [0.4, 0.5) is 0 Å². The summed E-state index contributed by atoms with van der Waals surface area (Å²) in [5.41, 5.74) is 2.21. The lowest BCUT2D eigenvalue weighted by Gasteiger charge is -2.11. The third kappa shape index (κ3) is 3.63. The van der Waals surface area contributed by atoms with E-state index in [1.807, 2.05) is 48.6 Å². The molecule has 0 atom stereocenters. The molecule has 0 aliphatic carbocycles. The lowest BCUT2D eigenvalue weighted by molar-refractivity contribution is -0.122. The zero-order valence-corrected chi connectivity index (χ0v) is 17.4. The molecule has 0 aliphatic heterocycles. The Bertz CT molecular complexity index is 1270. The molecule has 7 nitrogen and oxygen atoms in total. The molecule has 150 valence electrons. The Labute approximate surface area is 171 Å². The summed E-state index contributed by atoms with van der Waals surface area (Å²) in [6.07, 6.45) is 0.654. The van der Waals surface area contributed by atoms with Crippen molar-refractivity contribution in [3.63, 3.8) is 0 Å². The number of benzene rings is 1. The molecule has 0 fully saturated rings. The zero-order chi connectivity index (χ0) is 20.5. The van der Waals surface area contributed by atoms with E-state index in [1.165, 1.54) is 9.56 Å². The molecule has 4 rings (SSSR count). The number of ether oxygens (including phenoxy) is 1. The number of hydrogen-bond donors (Lipinski definition) is 1. The summed E-state index contributed by atoms with van der Waals surface area (Å²) < 4.78 is 9.41. The van der Waals surface area contributed by atoms with Crippen LogP contribution in [0.15, 0.2) is 41.2 Å². The van der Waals surface area contributed by atoms with Gasteiger partial charge in [-0.25, -0.2) is 4.68 Å². The average molecular weight is 410 g/mol. The number of thiophene rings is 1. The first-order valence-electron chi connectivity index (χ1n) is 9.41. The van der Waals surface area contributed by atoms with E-state index < -0.39 is 0 Å². The molecule has 29 heavy (non-hydrogen) atoms. The van der Waals surface area contributed by atoms with Gasteiger partial charge in [0.2, 0.25) is 5.91 Å². The maximum absolute atomic E-state index is 12.9. The first kappa shape index (κ1) is 19.2. The maximum Gasteiger partial charge on any atom is 0.291 e. The van der Waals surface area contributed by atoms with Crippen LogP contribution < -0.4 is 15.6 Å². The summed E-state index contributed by atoms with van der Waals surface area (Å²) >= 11 is 1.65. The fraction of sp³-hybridized carbons (Fsp3) is 0.286. The Morgan fingerprint density at radius 2 is 2.07 bits per heavy atom. The van der Waals surface area contributed by atoms with E-state index in [4.69, 9.17) is 4.74 Å². The van der Waals surface area contributed by atoms with Gasteiger partial charge in [-0.2, -0.15) is 5.10 Å². The number of fused-ring (bicyclic) bond motifs is 3. The van der Waals surface area contributed by atoms with Crippen molar-refractivity contribution < 1.29 is 9.53 Å². The Balaban J connectivity index is 1.59. The molecule has 4 aromatic rings. The lowest BCUT2D eigenvalue weighted by Crippen LogP contribution is -2.35. The highest BCUT2D eigenvalue weighted by Gasteiger charge is 2.16. The van der Waals surface area contributed by atoms with Crippen molar-refractivity contribution in [2.75, 3.05) is 7.11 Å². The highest BCUT2D eigenvalue weighted by atomic mass is 32.1. The normalized spacial score (nSPS) is 11.3. The minimum atomic E-state index is -0.266. The number of methoxy groups -OCH3 is 1. The molecule has 0 unspecified atom stereocenters. The molecular weight excluding hydrogens is 388 g/mol. The molecule has 0 bridgehead atoms. The Morgan fingerprint density at radius 1 is 1.24 bits per heavy atom. The van der Waals surface area contributed by atoms with E-state index in [2.05, 4.69) is 16.5 Å². The van der Waals surface area contributed by atoms with E-state index in [0.29, 0.717) is 18.5 Å². The van der Waals surface area contributed by atoms with Gasteiger partial charge in [0.1, 0.15) is 23.6 Å². The third-order valence-electron chi connectivity index (χ3n) is 4.79. The van der Waals surface area contributed by atoms with E-state index in [1.54, 1.807) is 18.4 Å². The van der Waals surface area contributed by atoms with Crippen molar-refractivity contribution >= 4 is 33.0 Å². The van der Waals surface area contributed by atoms with Crippen LogP contribution in [0.2, 0.25) is 0 Å². The summed E-state index contributed by atoms with van der Waals surface area (Å²) in [7, 11) is 1.60. The molecule has 8 heteroatoms. The molecule has 1 aromatic carbocycles. The van der Waals surface area contributed by atoms with Crippen molar-refractivity contribution in [3.8, 4) is 5.75 Å². The maximum atomic E-state index is 12.9. The van der Waals surface area contributed by atoms with E-state index in [0.717, 1.165) is 27.4 Å². The number of carbonyl (C=O) groups is 1. The monoisotopic (exact) mass is 410 g/mol. The summed E-state index contributed by atoms with van der Waals surface area (Å²) in [4.78, 5) is 26.6. The van der Waals surface area contributed by atoms with E-state index >= 15 is 0 Å². The standard InChI is InChI=1S/C21H22N4O3S/c1-4-19-23-24(12-20(26)22-11-14-6-5-7-15(9-14)28-3)21(27)17-10-18-16(25(17)19)8-13(2)29-18/h5-10H,4,11-12H2,1-3H3,(H,22,26). The molecule has 0 aliphatic rings. The minimum Gasteiger partial charge on any atom is -0.497 e. The molecule has 0 saturated carbocycles. The van der Waals surface area contributed by atoms with Gasteiger partial charge in [-0.05, 0) is 36.8 Å². The summed E-state index contributed by atoms with van der Waals surface area (Å²) in [5, 5.41) is 7.31. The van der Waals surface area contributed by atoms with Crippen LogP contribution in [0, 0.1) is 6.92 Å². The molecule has 0 radical (unpaired) electrons. The van der Waals surface area contributed by atoms with Crippen LogP contribution in [0.1, 0.15) is 23.2 Å². The van der Waals surface area contributed by atoms with Gasteiger partial charge < -0.3 is 10.1 Å².